The van der Waals surface area contributed by atoms with E-state index in [1.165, 1.54) is 7.11 Å². The number of pyridine rings is 1. The Morgan fingerprint density at radius 2 is 1.84 bits per heavy atom. The summed E-state index contributed by atoms with van der Waals surface area (Å²) in [6, 6.07) is 6.75. The summed E-state index contributed by atoms with van der Waals surface area (Å²) < 4.78 is 32.1. The molecule has 0 aliphatic rings. The lowest BCUT2D eigenvalue weighted by Crippen LogP contribution is -2.04. The van der Waals surface area contributed by atoms with Crippen LogP contribution in [-0.4, -0.2) is 12.1 Å². The van der Waals surface area contributed by atoms with Crippen molar-refractivity contribution in [3.8, 4) is 17.0 Å². The van der Waals surface area contributed by atoms with Gasteiger partial charge >= 0.3 is 0 Å². The lowest BCUT2D eigenvalue weighted by Gasteiger charge is -2.11. The number of benzene rings is 1. The van der Waals surface area contributed by atoms with E-state index in [0.29, 0.717) is 5.56 Å². The minimum absolute atomic E-state index is 0.0127. The largest absolute Gasteiger partial charge is 0.480 e. The van der Waals surface area contributed by atoms with Crippen molar-refractivity contribution in [2.45, 2.75) is 13.0 Å². The molecule has 2 rings (SSSR count). The van der Waals surface area contributed by atoms with Crippen LogP contribution >= 0.6 is 0 Å². The zero-order chi connectivity index (χ0) is 14.0. The van der Waals surface area contributed by atoms with Crippen molar-refractivity contribution in [1.82, 2.24) is 4.98 Å². The summed E-state index contributed by atoms with van der Waals surface area (Å²) in [5.74, 6) is -1.93. The van der Waals surface area contributed by atoms with Crippen LogP contribution in [-0.2, 0) is 0 Å². The summed E-state index contributed by atoms with van der Waals surface area (Å²) >= 11 is 0. The highest BCUT2D eigenvalue weighted by molar-refractivity contribution is 5.69. The van der Waals surface area contributed by atoms with Crippen molar-refractivity contribution in [2.75, 3.05) is 7.11 Å². The van der Waals surface area contributed by atoms with E-state index in [0.717, 1.165) is 11.8 Å². The quantitative estimate of drug-likeness (QED) is 0.926. The highest BCUT2D eigenvalue weighted by Crippen LogP contribution is 2.32. The Kier molecular flexibility index (Phi) is 3.76. The maximum atomic E-state index is 13.9. The average Bonchev–Trinajstić information content (AvgIpc) is 2.42. The molecule has 0 fully saturated rings. The van der Waals surface area contributed by atoms with Gasteiger partial charge in [-0.15, -0.1) is 0 Å². The van der Waals surface area contributed by atoms with Gasteiger partial charge in [-0.05, 0) is 18.1 Å². The van der Waals surface area contributed by atoms with Crippen molar-refractivity contribution in [2.24, 2.45) is 5.73 Å². The van der Waals surface area contributed by atoms with E-state index < -0.39 is 11.6 Å². The van der Waals surface area contributed by atoms with Crippen LogP contribution in [0.4, 0.5) is 8.78 Å². The topological polar surface area (TPSA) is 48.1 Å². The SMILES string of the molecule is COc1ncc(F)c(F)c1-c1ccc([C@@H](C)N)cc1. The molecule has 1 heterocycles. The summed E-state index contributed by atoms with van der Waals surface area (Å²) in [5.41, 5.74) is 7.16. The minimum atomic E-state index is -1.01. The van der Waals surface area contributed by atoms with Gasteiger partial charge in [0.15, 0.2) is 11.6 Å². The number of methoxy groups -OCH3 is 1. The van der Waals surface area contributed by atoms with Gasteiger partial charge in [0.25, 0.3) is 0 Å². The molecule has 19 heavy (non-hydrogen) atoms. The highest BCUT2D eigenvalue weighted by Gasteiger charge is 2.17. The Bertz CT molecular complexity index is 583. The van der Waals surface area contributed by atoms with Crippen LogP contribution in [0.1, 0.15) is 18.5 Å². The predicted molar refractivity (Wildman–Crippen MR) is 68.7 cm³/mol. The summed E-state index contributed by atoms with van der Waals surface area (Å²) in [7, 11) is 1.36. The van der Waals surface area contributed by atoms with Gasteiger partial charge in [-0.3, -0.25) is 0 Å². The number of hydrogen-bond acceptors (Lipinski definition) is 3. The first-order valence-corrected chi connectivity index (χ1v) is 5.78. The standard InChI is InChI=1S/C14H14F2N2O/c1-8(17)9-3-5-10(6-4-9)12-13(16)11(15)7-18-14(12)19-2/h3-8H,17H2,1-2H3/t8-/m1/s1. The van der Waals surface area contributed by atoms with Crippen molar-refractivity contribution < 1.29 is 13.5 Å². The first kappa shape index (κ1) is 13.4. The summed E-state index contributed by atoms with van der Waals surface area (Å²) in [6.45, 7) is 1.85. The third kappa shape index (κ3) is 2.56. The molecule has 1 aromatic heterocycles. The second-order valence-electron chi connectivity index (χ2n) is 4.22. The Hall–Kier alpha value is -2.01. The van der Waals surface area contributed by atoms with E-state index >= 15 is 0 Å². The predicted octanol–water partition coefficient (Wildman–Crippen LogP) is 3.06. The van der Waals surface area contributed by atoms with Crippen LogP contribution in [0.25, 0.3) is 11.1 Å². The molecule has 0 aliphatic heterocycles. The molecule has 1 aromatic carbocycles. The van der Waals surface area contributed by atoms with Gasteiger partial charge in [0.2, 0.25) is 5.88 Å². The third-order valence-corrected chi connectivity index (χ3v) is 2.86. The Morgan fingerprint density at radius 3 is 2.37 bits per heavy atom. The molecule has 0 unspecified atom stereocenters. The van der Waals surface area contributed by atoms with E-state index in [4.69, 9.17) is 10.5 Å². The first-order chi connectivity index (χ1) is 9.04. The highest BCUT2D eigenvalue weighted by atomic mass is 19.2. The van der Waals surface area contributed by atoms with Gasteiger partial charge in [0, 0.05) is 6.04 Å². The Morgan fingerprint density at radius 1 is 1.21 bits per heavy atom. The van der Waals surface area contributed by atoms with Crippen molar-refractivity contribution in [3.63, 3.8) is 0 Å². The van der Waals surface area contributed by atoms with Crippen LogP contribution in [0.15, 0.2) is 30.5 Å². The molecule has 0 amide bonds. The molecule has 2 aromatic rings. The molecular weight excluding hydrogens is 250 g/mol. The van der Waals surface area contributed by atoms with E-state index in [1.807, 2.05) is 6.92 Å². The Labute approximate surface area is 110 Å². The maximum absolute atomic E-state index is 13.9. The molecule has 0 aliphatic carbocycles. The lowest BCUT2D eigenvalue weighted by atomic mass is 10.0. The molecule has 5 heteroatoms. The van der Waals surface area contributed by atoms with Gasteiger partial charge in [-0.25, -0.2) is 13.8 Å². The second-order valence-corrected chi connectivity index (χ2v) is 4.22. The number of hydrogen-bond donors (Lipinski definition) is 1. The van der Waals surface area contributed by atoms with Gasteiger partial charge in [-0.2, -0.15) is 0 Å². The van der Waals surface area contributed by atoms with Crippen LogP contribution < -0.4 is 10.5 Å². The fourth-order valence-corrected chi connectivity index (χ4v) is 1.81. The average molecular weight is 264 g/mol. The monoisotopic (exact) mass is 264 g/mol. The van der Waals surface area contributed by atoms with Crippen LogP contribution in [0.5, 0.6) is 5.88 Å². The summed E-state index contributed by atoms with van der Waals surface area (Å²) in [5, 5.41) is 0. The molecule has 0 radical (unpaired) electrons. The summed E-state index contributed by atoms with van der Waals surface area (Å²) in [4.78, 5) is 3.73. The zero-order valence-electron chi connectivity index (χ0n) is 10.7. The van der Waals surface area contributed by atoms with Gasteiger partial charge in [-0.1, -0.05) is 24.3 Å². The molecule has 1 atom stereocenters. The normalized spacial score (nSPS) is 12.3. The van der Waals surface area contributed by atoms with Gasteiger partial charge < -0.3 is 10.5 Å². The fourth-order valence-electron chi connectivity index (χ4n) is 1.81. The number of ether oxygens (including phenoxy) is 1. The molecular formula is C14H14F2N2O. The number of halogens is 2. The van der Waals surface area contributed by atoms with Gasteiger partial charge in [0.05, 0.1) is 18.9 Å². The summed E-state index contributed by atoms with van der Waals surface area (Å²) in [6.07, 6.45) is 0.800. The smallest absolute Gasteiger partial charge is 0.224 e. The van der Waals surface area contributed by atoms with E-state index in [9.17, 15) is 8.78 Å². The van der Waals surface area contributed by atoms with Gasteiger partial charge in [0.1, 0.15) is 0 Å². The van der Waals surface area contributed by atoms with Crippen LogP contribution in [0.3, 0.4) is 0 Å². The number of nitrogens with zero attached hydrogens (tertiary/aromatic N) is 1. The number of rotatable bonds is 3. The lowest BCUT2D eigenvalue weighted by molar-refractivity contribution is 0.390. The Balaban J connectivity index is 2.54. The molecule has 0 spiro atoms. The third-order valence-electron chi connectivity index (χ3n) is 2.86. The molecule has 100 valence electrons. The molecule has 0 saturated heterocycles. The molecule has 3 nitrogen and oxygen atoms in total. The number of aromatic nitrogens is 1. The van der Waals surface area contributed by atoms with E-state index in [1.54, 1.807) is 24.3 Å². The van der Waals surface area contributed by atoms with Crippen LogP contribution in [0, 0.1) is 11.6 Å². The minimum Gasteiger partial charge on any atom is -0.480 e. The first-order valence-electron chi connectivity index (χ1n) is 5.78. The number of nitrogens with two attached hydrogens (primary N) is 1. The molecule has 0 bridgehead atoms. The van der Waals surface area contributed by atoms with Crippen molar-refractivity contribution in [3.05, 3.63) is 47.7 Å². The maximum Gasteiger partial charge on any atom is 0.224 e. The molecule has 2 N–H and O–H groups in total. The van der Waals surface area contributed by atoms with Crippen molar-refractivity contribution >= 4 is 0 Å². The zero-order valence-corrected chi connectivity index (χ0v) is 10.7. The van der Waals surface area contributed by atoms with Crippen molar-refractivity contribution in [1.29, 1.82) is 0 Å². The van der Waals surface area contributed by atoms with Crippen LogP contribution in [0.2, 0.25) is 0 Å². The van der Waals surface area contributed by atoms with E-state index in [-0.39, 0.29) is 17.5 Å². The second kappa shape index (κ2) is 5.32. The molecule has 0 saturated carbocycles. The fraction of sp³-hybridized carbons (Fsp3) is 0.214. The van der Waals surface area contributed by atoms with E-state index in [2.05, 4.69) is 4.98 Å².